The number of amides is 1. The monoisotopic (exact) mass is 399 g/mol. The molecule has 0 aromatic heterocycles. The Hall–Kier alpha value is -3.22. The van der Waals surface area contributed by atoms with Crippen molar-refractivity contribution in [2.45, 2.75) is 20.4 Å². The van der Waals surface area contributed by atoms with Gasteiger partial charge in [0.05, 0.1) is 12.7 Å². The van der Waals surface area contributed by atoms with Gasteiger partial charge in [0.1, 0.15) is 19.0 Å². The van der Waals surface area contributed by atoms with Crippen molar-refractivity contribution in [1.82, 2.24) is 4.90 Å². The number of carbonyl (C=O) groups is 2. The second-order valence-electron chi connectivity index (χ2n) is 6.65. The molecule has 2 aromatic carbocycles. The van der Waals surface area contributed by atoms with E-state index in [0.29, 0.717) is 49.1 Å². The summed E-state index contributed by atoms with van der Waals surface area (Å²) >= 11 is 0. The molecule has 29 heavy (non-hydrogen) atoms. The van der Waals surface area contributed by atoms with E-state index in [-0.39, 0.29) is 12.5 Å². The molecule has 154 valence electrons. The molecule has 1 aliphatic rings. The van der Waals surface area contributed by atoms with Crippen molar-refractivity contribution >= 4 is 11.9 Å². The average Bonchev–Trinajstić information content (AvgIpc) is 2.75. The Kier molecular flexibility index (Phi) is 6.59. The van der Waals surface area contributed by atoms with Crippen LogP contribution in [-0.4, -0.2) is 50.3 Å². The molecule has 2 aromatic rings. The van der Waals surface area contributed by atoms with Crippen LogP contribution in [0.15, 0.2) is 36.4 Å². The highest BCUT2D eigenvalue weighted by Gasteiger charge is 2.18. The SMILES string of the molecule is CCN(Cc1ccc2c(c1)OCCO2)C(=O)COC(=O)c1ccc(C)c(OC)c1. The van der Waals surface area contributed by atoms with Crippen molar-refractivity contribution in [2.75, 3.05) is 33.5 Å². The highest BCUT2D eigenvalue weighted by molar-refractivity contribution is 5.91. The molecule has 0 saturated carbocycles. The van der Waals surface area contributed by atoms with Crippen molar-refractivity contribution in [3.05, 3.63) is 53.1 Å². The molecule has 0 unspecified atom stereocenters. The molecule has 7 nitrogen and oxygen atoms in total. The molecular formula is C22H25NO6. The minimum Gasteiger partial charge on any atom is -0.496 e. The maximum absolute atomic E-state index is 12.5. The van der Waals surface area contributed by atoms with Gasteiger partial charge in [0, 0.05) is 13.1 Å². The standard InChI is InChI=1S/C22H25NO6/c1-4-23(13-16-6-8-18-20(11-16)28-10-9-27-18)21(24)14-29-22(25)17-7-5-15(2)19(12-17)26-3/h5-8,11-12H,4,9-10,13-14H2,1-3H3. The summed E-state index contributed by atoms with van der Waals surface area (Å²) in [6, 6.07) is 10.6. The van der Waals surface area contributed by atoms with Gasteiger partial charge in [-0.1, -0.05) is 12.1 Å². The summed E-state index contributed by atoms with van der Waals surface area (Å²) in [7, 11) is 1.54. The van der Waals surface area contributed by atoms with Crippen LogP contribution in [-0.2, 0) is 16.1 Å². The summed E-state index contributed by atoms with van der Waals surface area (Å²) in [6.07, 6.45) is 0. The van der Waals surface area contributed by atoms with Gasteiger partial charge < -0.3 is 23.8 Å². The number of rotatable bonds is 7. The average molecular weight is 399 g/mol. The molecule has 3 rings (SSSR count). The topological polar surface area (TPSA) is 74.3 Å². The zero-order valence-corrected chi connectivity index (χ0v) is 16.9. The van der Waals surface area contributed by atoms with Crippen LogP contribution in [0.25, 0.3) is 0 Å². The van der Waals surface area contributed by atoms with Gasteiger partial charge in [-0.25, -0.2) is 4.79 Å². The summed E-state index contributed by atoms with van der Waals surface area (Å²) in [5.74, 6) is 1.15. The number of nitrogens with zero attached hydrogens (tertiary/aromatic N) is 1. The van der Waals surface area contributed by atoms with Gasteiger partial charge in [0.25, 0.3) is 5.91 Å². The number of benzene rings is 2. The van der Waals surface area contributed by atoms with E-state index in [4.69, 9.17) is 18.9 Å². The summed E-state index contributed by atoms with van der Waals surface area (Å²) in [5, 5.41) is 0. The Morgan fingerprint density at radius 3 is 2.55 bits per heavy atom. The molecule has 0 fully saturated rings. The van der Waals surface area contributed by atoms with E-state index in [1.807, 2.05) is 32.0 Å². The van der Waals surface area contributed by atoms with Gasteiger partial charge in [-0.15, -0.1) is 0 Å². The van der Waals surface area contributed by atoms with Gasteiger partial charge in [0.15, 0.2) is 18.1 Å². The van der Waals surface area contributed by atoms with E-state index in [9.17, 15) is 9.59 Å². The van der Waals surface area contributed by atoms with Crippen LogP contribution in [0.5, 0.6) is 17.2 Å². The first kappa shape index (κ1) is 20.5. The first-order valence-corrected chi connectivity index (χ1v) is 9.50. The molecule has 0 saturated heterocycles. The second-order valence-corrected chi connectivity index (χ2v) is 6.65. The zero-order valence-electron chi connectivity index (χ0n) is 16.9. The maximum Gasteiger partial charge on any atom is 0.338 e. The largest absolute Gasteiger partial charge is 0.496 e. The third kappa shape index (κ3) is 4.99. The van der Waals surface area contributed by atoms with Gasteiger partial charge in [-0.2, -0.15) is 0 Å². The summed E-state index contributed by atoms with van der Waals surface area (Å²) in [6.45, 7) is 5.35. The first-order chi connectivity index (χ1) is 14.0. The van der Waals surface area contributed by atoms with Crippen LogP contribution >= 0.6 is 0 Å². The third-order valence-corrected chi connectivity index (χ3v) is 4.68. The lowest BCUT2D eigenvalue weighted by molar-refractivity contribution is -0.134. The number of hydrogen-bond acceptors (Lipinski definition) is 6. The van der Waals surface area contributed by atoms with E-state index in [1.165, 1.54) is 7.11 Å². The molecule has 0 atom stereocenters. The van der Waals surface area contributed by atoms with Crippen LogP contribution < -0.4 is 14.2 Å². The van der Waals surface area contributed by atoms with E-state index >= 15 is 0 Å². The molecule has 7 heteroatoms. The molecule has 1 heterocycles. The fourth-order valence-electron chi connectivity index (χ4n) is 3.03. The number of carbonyl (C=O) groups excluding carboxylic acids is 2. The lowest BCUT2D eigenvalue weighted by atomic mass is 10.1. The van der Waals surface area contributed by atoms with Gasteiger partial charge in [0.2, 0.25) is 0 Å². The number of aryl methyl sites for hydroxylation is 1. The smallest absolute Gasteiger partial charge is 0.338 e. The predicted molar refractivity (Wildman–Crippen MR) is 107 cm³/mol. The maximum atomic E-state index is 12.5. The minimum atomic E-state index is -0.563. The third-order valence-electron chi connectivity index (χ3n) is 4.68. The second kappa shape index (κ2) is 9.32. The van der Waals surface area contributed by atoms with Crippen molar-refractivity contribution in [2.24, 2.45) is 0 Å². The number of fused-ring (bicyclic) bond motifs is 1. The molecule has 1 amide bonds. The number of methoxy groups -OCH3 is 1. The molecule has 0 N–H and O–H groups in total. The zero-order chi connectivity index (χ0) is 20.8. The minimum absolute atomic E-state index is 0.269. The Morgan fingerprint density at radius 2 is 1.83 bits per heavy atom. The van der Waals surface area contributed by atoms with Crippen molar-refractivity contribution < 1.29 is 28.5 Å². The number of likely N-dealkylation sites (N-methyl/N-ethyl adjacent to an activating group) is 1. The van der Waals surface area contributed by atoms with Crippen LogP contribution in [0, 0.1) is 6.92 Å². The number of esters is 1. The quantitative estimate of drug-likeness (QED) is 0.667. The molecule has 1 aliphatic heterocycles. The van der Waals surface area contributed by atoms with E-state index in [1.54, 1.807) is 23.1 Å². The predicted octanol–water partition coefficient (Wildman–Crippen LogP) is 2.98. The van der Waals surface area contributed by atoms with Crippen LogP contribution in [0.3, 0.4) is 0 Å². The van der Waals surface area contributed by atoms with E-state index in [2.05, 4.69) is 0 Å². The molecule has 0 bridgehead atoms. The lowest BCUT2D eigenvalue weighted by Crippen LogP contribution is -2.34. The van der Waals surface area contributed by atoms with Crippen LogP contribution in [0.2, 0.25) is 0 Å². The van der Waals surface area contributed by atoms with Crippen molar-refractivity contribution in [3.63, 3.8) is 0 Å². The lowest BCUT2D eigenvalue weighted by Gasteiger charge is -2.23. The highest BCUT2D eigenvalue weighted by atomic mass is 16.6. The van der Waals surface area contributed by atoms with Gasteiger partial charge in [-0.05, 0) is 49.2 Å². The van der Waals surface area contributed by atoms with E-state index < -0.39 is 5.97 Å². The Labute approximate surface area is 170 Å². The van der Waals surface area contributed by atoms with Crippen molar-refractivity contribution in [1.29, 1.82) is 0 Å². The number of hydrogen-bond donors (Lipinski definition) is 0. The Bertz CT molecular complexity index is 895. The Morgan fingerprint density at radius 1 is 1.07 bits per heavy atom. The first-order valence-electron chi connectivity index (χ1n) is 9.50. The fourth-order valence-corrected chi connectivity index (χ4v) is 3.03. The van der Waals surface area contributed by atoms with Crippen molar-refractivity contribution in [3.8, 4) is 17.2 Å². The fraction of sp³-hybridized carbons (Fsp3) is 0.364. The Balaban J connectivity index is 1.59. The van der Waals surface area contributed by atoms with Crippen LogP contribution in [0.4, 0.5) is 0 Å². The number of ether oxygens (including phenoxy) is 4. The molecular weight excluding hydrogens is 374 g/mol. The summed E-state index contributed by atoms with van der Waals surface area (Å²) < 4.78 is 21.5. The van der Waals surface area contributed by atoms with Gasteiger partial charge in [-0.3, -0.25) is 4.79 Å². The molecule has 0 aliphatic carbocycles. The molecule has 0 radical (unpaired) electrons. The van der Waals surface area contributed by atoms with E-state index in [0.717, 1.165) is 11.1 Å². The normalized spacial score (nSPS) is 12.2. The molecule has 0 spiro atoms. The summed E-state index contributed by atoms with van der Waals surface area (Å²) in [4.78, 5) is 26.4. The highest BCUT2D eigenvalue weighted by Crippen LogP contribution is 2.31. The summed E-state index contributed by atoms with van der Waals surface area (Å²) in [5.41, 5.74) is 2.17. The van der Waals surface area contributed by atoms with Gasteiger partial charge >= 0.3 is 5.97 Å². The van der Waals surface area contributed by atoms with Crippen LogP contribution in [0.1, 0.15) is 28.4 Å².